The molecule has 0 radical (unpaired) electrons. The maximum absolute atomic E-state index is 12.2. The van der Waals surface area contributed by atoms with Crippen molar-refractivity contribution >= 4 is 33.4 Å². The predicted molar refractivity (Wildman–Crippen MR) is 90.0 cm³/mol. The van der Waals surface area contributed by atoms with E-state index in [1.165, 1.54) is 30.3 Å². The van der Waals surface area contributed by atoms with E-state index in [-0.39, 0.29) is 52.1 Å². The van der Waals surface area contributed by atoms with Crippen LogP contribution in [0.3, 0.4) is 0 Å². The minimum atomic E-state index is -4.71. The van der Waals surface area contributed by atoms with E-state index in [1.807, 2.05) is 0 Å². The number of hydrogen-bond acceptors (Lipinski definition) is 9. The number of nitro benzene ring substituents is 1. The van der Waals surface area contributed by atoms with E-state index in [4.69, 9.17) is 0 Å². The van der Waals surface area contributed by atoms with Crippen molar-refractivity contribution in [2.45, 2.75) is 10.6 Å². The molecule has 3 rings (SSSR count). The smallest absolute Gasteiger partial charge is 0.744 e. The molecule has 1 aliphatic rings. The van der Waals surface area contributed by atoms with Crippen LogP contribution in [0.15, 0.2) is 63.7 Å². The van der Waals surface area contributed by atoms with Crippen molar-refractivity contribution in [3.63, 3.8) is 0 Å². The zero-order chi connectivity index (χ0) is 19.8. The zero-order valence-electron chi connectivity index (χ0n) is 14.3. The van der Waals surface area contributed by atoms with Crippen LogP contribution in [0, 0.1) is 10.1 Å². The second-order valence-electron chi connectivity index (χ2n) is 5.55. The first-order valence-corrected chi connectivity index (χ1v) is 8.75. The molecule has 0 aromatic heterocycles. The molecule has 0 fully saturated rings. The monoisotopic (exact) mass is 411 g/mol. The molecule has 12 heteroatoms. The summed E-state index contributed by atoms with van der Waals surface area (Å²) in [6.45, 7) is 0. The quantitative estimate of drug-likeness (QED) is 0.222. The summed E-state index contributed by atoms with van der Waals surface area (Å²) in [4.78, 5) is 21.7. The van der Waals surface area contributed by atoms with Gasteiger partial charge >= 0.3 is 29.6 Å². The number of nitro groups is 1. The number of aliphatic hydroxyl groups is 1. The Labute approximate surface area is 180 Å². The molecule has 0 aliphatic heterocycles. The van der Waals surface area contributed by atoms with Crippen LogP contribution in [0.1, 0.15) is 11.1 Å². The number of rotatable bonds is 4. The van der Waals surface area contributed by atoms with Crippen LogP contribution < -0.4 is 29.6 Å². The number of ketones is 1. The fraction of sp³-hybridized carbons (Fsp3) is 0.0625. The van der Waals surface area contributed by atoms with Gasteiger partial charge in [0.25, 0.3) is 11.4 Å². The minimum Gasteiger partial charge on any atom is -0.744 e. The van der Waals surface area contributed by atoms with Crippen molar-refractivity contribution in [1.29, 1.82) is 0 Å². The maximum Gasteiger partial charge on any atom is 1.00 e. The molecule has 0 heterocycles. The Hall–Kier alpha value is -2.28. The van der Waals surface area contributed by atoms with E-state index in [0.29, 0.717) is 0 Å². The van der Waals surface area contributed by atoms with Crippen molar-refractivity contribution in [3.05, 3.63) is 69.8 Å². The van der Waals surface area contributed by atoms with Crippen molar-refractivity contribution in [2.24, 2.45) is 10.2 Å². The van der Waals surface area contributed by atoms with Crippen LogP contribution in [-0.2, 0) is 20.6 Å². The van der Waals surface area contributed by atoms with Gasteiger partial charge in [-0.25, -0.2) is 8.42 Å². The molecule has 138 valence electrons. The molecule has 0 saturated carbocycles. The van der Waals surface area contributed by atoms with Gasteiger partial charge in [-0.15, -0.1) is 5.11 Å². The maximum atomic E-state index is 12.2. The number of azo groups is 1. The fourth-order valence-corrected chi connectivity index (χ4v) is 2.95. The van der Waals surface area contributed by atoms with Crippen molar-refractivity contribution in [1.82, 2.24) is 0 Å². The normalized spacial score (nSPS) is 18.6. The van der Waals surface area contributed by atoms with Gasteiger partial charge in [0.2, 0.25) is 5.78 Å². The molecule has 2 aromatic rings. The van der Waals surface area contributed by atoms with E-state index >= 15 is 0 Å². The standard InChI is InChI=1S/C16H11N3O7S.Na/c20-15-8-1-10-9-13(27(24,25)26)6-7-14(10)16(15,21)18-17-11-2-4-12(5-3-11)19(22)23;/h1-9,21H,(H,24,25,26);/q;+1/p-1. The number of carbonyl (C=O) groups is 1. The Morgan fingerprint density at radius 1 is 1.07 bits per heavy atom. The second-order valence-corrected chi connectivity index (χ2v) is 6.93. The Bertz CT molecular complexity index is 1110. The van der Waals surface area contributed by atoms with Gasteiger partial charge in [0.05, 0.1) is 15.5 Å². The summed E-state index contributed by atoms with van der Waals surface area (Å²) < 4.78 is 33.4. The van der Waals surface area contributed by atoms with Crippen LogP contribution in [0.5, 0.6) is 0 Å². The first-order chi connectivity index (χ1) is 12.6. The third kappa shape index (κ3) is 4.24. The molecule has 0 amide bonds. The molecule has 1 N–H and O–H groups in total. The van der Waals surface area contributed by atoms with E-state index < -0.39 is 31.4 Å². The largest absolute Gasteiger partial charge is 1.00 e. The van der Waals surface area contributed by atoms with Gasteiger partial charge in [-0.1, -0.05) is 12.1 Å². The predicted octanol–water partition coefficient (Wildman–Crippen LogP) is -0.972. The number of hydrogen-bond donors (Lipinski definition) is 1. The Morgan fingerprint density at radius 3 is 2.29 bits per heavy atom. The van der Waals surface area contributed by atoms with Crippen LogP contribution >= 0.6 is 0 Å². The van der Waals surface area contributed by atoms with E-state index in [2.05, 4.69) is 10.2 Å². The summed E-state index contributed by atoms with van der Waals surface area (Å²) in [5, 5.41) is 28.7. The molecular formula is C16H10N3NaO7S. The van der Waals surface area contributed by atoms with Gasteiger partial charge in [-0.05, 0) is 35.9 Å². The fourth-order valence-electron chi connectivity index (χ4n) is 2.44. The van der Waals surface area contributed by atoms with Gasteiger partial charge in [0.15, 0.2) is 0 Å². The molecule has 28 heavy (non-hydrogen) atoms. The third-order valence-electron chi connectivity index (χ3n) is 3.82. The summed E-state index contributed by atoms with van der Waals surface area (Å²) >= 11 is 0. The first-order valence-electron chi connectivity index (χ1n) is 7.34. The average Bonchev–Trinajstić information content (AvgIpc) is 2.62. The SMILES string of the molecule is O=C1C=Cc2cc(S(=O)(=O)[O-])ccc2C1(O)N=Nc1ccc([N+](=O)[O-])cc1.[Na+]. The average molecular weight is 411 g/mol. The molecule has 1 unspecified atom stereocenters. The van der Waals surface area contributed by atoms with Crippen LogP contribution in [0.4, 0.5) is 11.4 Å². The molecule has 1 atom stereocenters. The van der Waals surface area contributed by atoms with Crippen molar-refractivity contribution in [3.8, 4) is 0 Å². The molecule has 2 aromatic carbocycles. The van der Waals surface area contributed by atoms with Gasteiger partial charge in [-0.3, -0.25) is 14.9 Å². The molecule has 10 nitrogen and oxygen atoms in total. The third-order valence-corrected chi connectivity index (χ3v) is 4.65. The number of non-ortho nitro benzene ring substituents is 1. The van der Waals surface area contributed by atoms with Crippen molar-refractivity contribution in [2.75, 3.05) is 0 Å². The van der Waals surface area contributed by atoms with Gasteiger partial charge < -0.3 is 9.66 Å². The van der Waals surface area contributed by atoms with E-state index in [0.717, 1.165) is 24.3 Å². The second kappa shape index (κ2) is 7.99. The molecule has 0 spiro atoms. The van der Waals surface area contributed by atoms with Crippen LogP contribution in [-0.4, -0.2) is 28.8 Å². The molecular weight excluding hydrogens is 401 g/mol. The summed E-state index contributed by atoms with van der Waals surface area (Å²) in [5.41, 5.74) is -2.36. The number of benzene rings is 2. The summed E-state index contributed by atoms with van der Waals surface area (Å²) in [5.74, 6) is -0.821. The molecule has 0 bridgehead atoms. The van der Waals surface area contributed by atoms with Gasteiger partial charge in [0.1, 0.15) is 10.1 Å². The first kappa shape index (κ1) is 22.0. The summed E-state index contributed by atoms with van der Waals surface area (Å²) in [7, 11) is -4.71. The topological polar surface area (TPSA) is 162 Å². The Balaban J connectivity index is 0.00000280. The van der Waals surface area contributed by atoms with E-state index in [9.17, 15) is 33.0 Å². The molecule has 0 saturated heterocycles. The van der Waals surface area contributed by atoms with Gasteiger partial charge in [0, 0.05) is 17.7 Å². The number of nitrogens with zero attached hydrogens (tertiary/aromatic N) is 3. The number of fused-ring (bicyclic) bond motifs is 1. The van der Waals surface area contributed by atoms with Crippen LogP contribution in [0.25, 0.3) is 6.08 Å². The van der Waals surface area contributed by atoms with Crippen LogP contribution in [0.2, 0.25) is 0 Å². The summed E-state index contributed by atoms with van der Waals surface area (Å²) in [6.07, 6.45) is 2.24. The van der Waals surface area contributed by atoms with E-state index in [1.54, 1.807) is 0 Å². The summed E-state index contributed by atoms with van der Waals surface area (Å²) in [6, 6.07) is 8.01. The zero-order valence-corrected chi connectivity index (χ0v) is 17.2. The Kier molecular flexibility index (Phi) is 6.28. The van der Waals surface area contributed by atoms with Crippen molar-refractivity contribution < 1.29 is 57.4 Å². The number of carbonyl (C=O) groups excluding carboxylic acids is 1. The molecule has 1 aliphatic carbocycles. The Morgan fingerprint density at radius 2 is 1.71 bits per heavy atom. The minimum absolute atomic E-state index is 0. The van der Waals surface area contributed by atoms with Gasteiger partial charge in [-0.2, -0.15) is 5.11 Å².